The number of rotatable bonds is 5. The summed E-state index contributed by atoms with van der Waals surface area (Å²) < 4.78 is 11.9. The molecule has 2 heterocycles. The van der Waals surface area contributed by atoms with Crippen molar-refractivity contribution in [1.29, 1.82) is 0 Å². The predicted octanol–water partition coefficient (Wildman–Crippen LogP) is 0.932. The molecule has 1 aromatic rings. The lowest BCUT2D eigenvalue weighted by Crippen LogP contribution is -2.54. The molecule has 0 atom stereocenters. The molecule has 82 valence electrons. The zero-order chi connectivity index (χ0) is 10.5. The van der Waals surface area contributed by atoms with Crippen molar-refractivity contribution in [3.05, 3.63) is 18.6 Å². The van der Waals surface area contributed by atoms with Gasteiger partial charge in [-0.2, -0.15) is 0 Å². The molecular formula is C10H15FN4. The second kappa shape index (κ2) is 5.02. The van der Waals surface area contributed by atoms with Gasteiger partial charge in [0.2, 0.25) is 0 Å². The minimum absolute atomic E-state index is 0.223. The van der Waals surface area contributed by atoms with E-state index in [1.807, 2.05) is 0 Å². The number of nitrogens with one attached hydrogen (secondary N) is 1. The Morgan fingerprint density at radius 1 is 1.47 bits per heavy atom. The lowest BCUT2D eigenvalue weighted by atomic mass is 10.1. The van der Waals surface area contributed by atoms with E-state index in [0.29, 0.717) is 12.5 Å². The van der Waals surface area contributed by atoms with Crippen LogP contribution in [0.15, 0.2) is 18.6 Å². The van der Waals surface area contributed by atoms with Gasteiger partial charge in [-0.1, -0.05) is 0 Å². The van der Waals surface area contributed by atoms with Crippen LogP contribution in [0.1, 0.15) is 6.42 Å². The molecule has 0 aromatic carbocycles. The third-order valence-corrected chi connectivity index (χ3v) is 2.48. The van der Waals surface area contributed by atoms with Crippen LogP contribution < -0.4 is 5.32 Å². The second-order valence-corrected chi connectivity index (χ2v) is 3.73. The first-order valence-corrected chi connectivity index (χ1v) is 5.19. The van der Waals surface area contributed by atoms with Crippen LogP contribution in [-0.2, 0) is 0 Å². The zero-order valence-corrected chi connectivity index (χ0v) is 8.56. The van der Waals surface area contributed by atoms with Gasteiger partial charge < -0.3 is 5.32 Å². The summed E-state index contributed by atoms with van der Waals surface area (Å²) in [6.45, 7) is 2.57. The van der Waals surface area contributed by atoms with Gasteiger partial charge in [0.05, 0.1) is 18.9 Å². The van der Waals surface area contributed by atoms with Crippen molar-refractivity contribution < 1.29 is 4.39 Å². The summed E-state index contributed by atoms with van der Waals surface area (Å²) in [5, 5.41) is 3.28. The third kappa shape index (κ3) is 2.86. The van der Waals surface area contributed by atoms with E-state index in [1.54, 1.807) is 18.6 Å². The van der Waals surface area contributed by atoms with Crippen LogP contribution in [0.2, 0.25) is 0 Å². The summed E-state index contributed by atoms with van der Waals surface area (Å²) in [5.74, 6) is 0.813. The summed E-state index contributed by atoms with van der Waals surface area (Å²) >= 11 is 0. The number of likely N-dealkylation sites (tertiary alicyclic amines) is 1. The maximum atomic E-state index is 11.9. The van der Waals surface area contributed by atoms with Crippen molar-refractivity contribution >= 4 is 5.82 Å². The van der Waals surface area contributed by atoms with E-state index in [0.717, 1.165) is 25.5 Å². The van der Waals surface area contributed by atoms with Gasteiger partial charge in [0.25, 0.3) is 0 Å². The number of halogens is 1. The van der Waals surface area contributed by atoms with Crippen LogP contribution in [-0.4, -0.2) is 47.2 Å². The number of aromatic nitrogens is 2. The summed E-state index contributed by atoms with van der Waals surface area (Å²) in [6, 6.07) is 0.432. The monoisotopic (exact) mass is 210 g/mol. The molecule has 15 heavy (non-hydrogen) atoms. The van der Waals surface area contributed by atoms with Crippen molar-refractivity contribution in [1.82, 2.24) is 14.9 Å². The summed E-state index contributed by atoms with van der Waals surface area (Å²) in [6.07, 6.45) is 5.67. The number of anilines is 1. The van der Waals surface area contributed by atoms with Gasteiger partial charge in [-0.25, -0.2) is 4.98 Å². The predicted molar refractivity (Wildman–Crippen MR) is 56.5 cm³/mol. The summed E-state index contributed by atoms with van der Waals surface area (Å²) in [5.41, 5.74) is 0. The Labute approximate surface area is 88.5 Å². The molecule has 1 saturated heterocycles. The molecule has 1 aliphatic heterocycles. The molecule has 0 amide bonds. The maximum absolute atomic E-state index is 11.9. The maximum Gasteiger partial charge on any atom is 0.144 e. The largest absolute Gasteiger partial charge is 0.363 e. The van der Waals surface area contributed by atoms with Crippen LogP contribution in [0, 0.1) is 0 Å². The lowest BCUT2D eigenvalue weighted by molar-refractivity contribution is 0.155. The van der Waals surface area contributed by atoms with E-state index in [4.69, 9.17) is 0 Å². The highest BCUT2D eigenvalue weighted by atomic mass is 19.1. The Balaban J connectivity index is 1.68. The Morgan fingerprint density at radius 3 is 3.00 bits per heavy atom. The van der Waals surface area contributed by atoms with Crippen molar-refractivity contribution in [2.24, 2.45) is 0 Å². The van der Waals surface area contributed by atoms with Crippen LogP contribution in [0.4, 0.5) is 10.2 Å². The standard InChI is InChI=1S/C10H15FN4/c11-2-1-5-15-7-9(8-15)14-10-6-12-3-4-13-10/h3-4,6,9H,1-2,5,7-8H2,(H,13,14). The molecule has 1 N–H and O–H groups in total. The van der Waals surface area contributed by atoms with E-state index in [-0.39, 0.29) is 6.67 Å². The SMILES string of the molecule is FCCCN1CC(Nc2cnccn2)C1. The Kier molecular flexibility index (Phi) is 3.45. The smallest absolute Gasteiger partial charge is 0.144 e. The fourth-order valence-electron chi connectivity index (χ4n) is 1.71. The van der Waals surface area contributed by atoms with Gasteiger partial charge in [0.15, 0.2) is 0 Å². The first-order valence-electron chi connectivity index (χ1n) is 5.19. The van der Waals surface area contributed by atoms with Gasteiger partial charge in [-0.05, 0) is 6.42 Å². The summed E-state index contributed by atoms with van der Waals surface area (Å²) in [7, 11) is 0. The van der Waals surface area contributed by atoms with E-state index in [1.165, 1.54) is 0 Å². The number of hydrogen-bond donors (Lipinski definition) is 1. The van der Waals surface area contributed by atoms with Crippen molar-refractivity contribution in [3.8, 4) is 0 Å². The fourth-order valence-corrected chi connectivity index (χ4v) is 1.71. The zero-order valence-electron chi connectivity index (χ0n) is 8.56. The topological polar surface area (TPSA) is 41.0 Å². The van der Waals surface area contributed by atoms with Crippen LogP contribution in [0.3, 0.4) is 0 Å². The van der Waals surface area contributed by atoms with Crippen LogP contribution >= 0.6 is 0 Å². The molecule has 1 aromatic heterocycles. The normalized spacial score (nSPS) is 17.4. The van der Waals surface area contributed by atoms with Gasteiger partial charge in [0.1, 0.15) is 5.82 Å². The Morgan fingerprint density at radius 2 is 2.33 bits per heavy atom. The number of nitrogens with zero attached hydrogens (tertiary/aromatic N) is 3. The molecule has 1 aliphatic rings. The highest BCUT2D eigenvalue weighted by molar-refractivity contribution is 5.32. The first kappa shape index (κ1) is 10.3. The molecule has 4 nitrogen and oxygen atoms in total. The molecule has 0 bridgehead atoms. The van der Waals surface area contributed by atoms with E-state index < -0.39 is 0 Å². The van der Waals surface area contributed by atoms with Crippen LogP contribution in [0.25, 0.3) is 0 Å². The molecule has 0 aliphatic carbocycles. The number of alkyl halides is 1. The van der Waals surface area contributed by atoms with Gasteiger partial charge in [-0.3, -0.25) is 14.3 Å². The molecule has 2 rings (SSSR count). The molecule has 0 radical (unpaired) electrons. The molecule has 0 saturated carbocycles. The molecule has 0 spiro atoms. The van der Waals surface area contributed by atoms with Gasteiger partial charge in [-0.15, -0.1) is 0 Å². The Bertz CT molecular complexity index is 287. The van der Waals surface area contributed by atoms with Crippen LogP contribution in [0.5, 0.6) is 0 Å². The molecule has 5 heteroatoms. The van der Waals surface area contributed by atoms with Gasteiger partial charge in [0, 0.05) is 32.0 Å². The molecule has 0 unspecified atom stereocenters. The molecular weight excluding hydrogens is 195 g/mol. The number of hydrogen-bond acceptors (Lipinski definition) is 4. The first-order chi connectivity index (χ1) is 7.38. The van der Waals surface area contributed by atoms with Gasteiger partial charge >= 0.3 is 0 Å². The Hall–Kier alpha value is -1.23. The highest BCUT2D eigenvalue weighted by Crippen LogP contribution is 2.12. The third-order valence-electron chi connectivity index (χ3n) is 2.48. The average molecular weight is 210 g/mol. The highest BCUT2D eigenvalue weighted by Gasteiger charge is 2.25. The fraction of sp³-hybridized carbons (Fsp3) is 0.600. The average Bonchev–Trinajstić information content (AvgIpc) is 2.23. The van der Waals surface area contributed by atoms with E-state index in [2.05, 4.69) is 20.2 Å². The second-order valence-electron chi connectivity index (χ2n) is 3.73. The quantitative estimate of drug-likeness (QED) is 0.785. The van der Waals surface area contributed by atoms with Crippen molar-refractivity contribution in [2.45, 2.75) is 12.5 Å². The van der Waals surface area contributed by atoms with Crippen molar-refractivity contribution in [2.75, 3.05) is 31.6 Å². The minimum atomic E-state index is -0.223. The summed E-state index contributed by atoms with van der Waals surface area (Å²) in [4.78, 5) is 10.3. The van der Waals surface area contributed by atoms with E-state index >= 15 is 0 Å². The molecule has 1 fully saturated rings. The van der Waals surface area contributed by atoms with E-state index in [9.17, 15) is 4.39 Å². The minimum Gasteiger partial charge on any atom is -0.363 e. The van der Waals surface area contributed by atoms with Crippen molar-refractivity contribution in [3.63, 3.8) is 0 Å². The lowest BCUT2D eigenvalue weighted by Gasteiger charge is -2.39.